The molecule has 2 aromatic heterocycles. The van der Waals surface area contributed by atoms with E-state index in [1.165, 1.54) is 23.1 Å². The Labute approximate surface area is 317 Å². The van der Waals surface area contributed by atoms with Gasteiger partial charge in [0.05, 0.1) is 12.4 Å². The number of amides is 5. The highest BCUT2D eigenvalue weighted by Gasteiger charge is 2.43. The highest BCUT2D eigenvalue weighted by Crippen LogP contribution is 2.26. The van der Waals surface area contributed by atoms with Crippen molar-refractivity contribution < 1.29 is 33.9 Å². The predicted octanol–water partition coefficient (Wildman–Crippen LogP) is 0.787. The van der Waals surface area contributed by atoms with E-state index >= 15 is 0 Å². The lowest BCUT2D eigenvalue weighted by molar-refractivity contribution is -0.148. The van der Waals surface area contributed by atoms with Crippen LogP contribution in [-0.2, 0) is 48.0 Å². The molecule has 0 saturated carbocycles. The van der Waals surface area contributed by atoms with Crippen LogP contribution in [0, 0.1) is 0 Å². The number of aliphatic carboxylic acids is 1. The van der Waals surface area contributed by atoms with Gasteiger partial charge in [0.2, 0.25) is 29.5 Å². The number of aromatic nitrogens is 3. The summed E-state index contributed by atoms with van der Waals surface area (Å²) in [5.41, 5.74) is 9.24. The van der Waals surface area contributed by atoms with E-state index in [0.717, 1.165) is 22.0 Å². The number of benzene rings is 2. The zero-order valence-electron chi connectivity index (χ0n) is 30.6. The zero-order valence-corrected chi connectivity index (χ0v) is 30.6. The molecule has 4 aromatic rings. The van der Waals surface area contributed by atoms with Crippen molar-refractivity contribution in [2.45, 2.75) is 88.1 Å². The van der Waals surface area contributed by atoms with Crippen LogP contribution in [-0.4, -0.2) is 115 Å². The third kappa shape index (κ3) is 9.20. The van der Waals surface area contributed by atoms with Crippen LogP contribution in [0.1, 0.15) is 49.4 Å². The summed E-state index contributed by atoms with van der Waals surface area (Å²) >= 11 is 0. The average molecular weight is 754 g/mol. The molecule has 4 heterocycles. The molecule has 8 N–H and O–H groups in total. The molecule has 290 valence electrons. The fourth-order valence-corrected chi connectivity index (χ4v) is 7.46. The van der Waals surface area contributed by atoms with E-state index in [0.29, 0.717) is 31.4 Å². The van der Waals surface area contributed by atoms with E-state index in [1.54, 1.807) is 36.7 Å². The van der Waals surface area contributed by atoms with Crippen LogP contribution in [0.25, 0.3) is 10.9 Å². The second kappa shape index (κ2) is 17.4. The first kappa shape index (κ1) is 38.7. The van der Waals surface area contributed by atoms with Crippen molar-refractivity contribution in [1.29, 1.82) is 0 Å². The van der Waals surface area contributed by atoms with E-state index in [4.69, 9.17) is 5.73 Å². The number of likely N-dealkylation sites (tertiary alicyclic amines) is 2. The smallest absolute Gasteiger partial charge is 0.326 e. The highest BCUT2D eigenvalue weighted by atomic mass is 16.4. The van der Waals surface area contributed by atoms with Crippen molar-refractivity contribution in [3.63, 3.8) is 0 Å². The molecule has 2 aliphatic rings. The molecule has 0 spiro atoms. The molecule has 16 heteroatoms. The molecular formula is C39H47N9O7. The van der Waals surface area contributed by atoms with Crippen molar-refractivity contribution in [1.82, 2.24) is 40.7 Å². The van der Waals surface area contributed by atoms with Crippen molar-refractivity contribution in [2.24, 2.45) is 5.73 Å². The Morgan fingerprint density at radius 3 is 2.27 bits per heavy atom. The Morgan fingerprint density at radius 1 is 0.836 bits per heavy atom. The van der Waals surface area contributed by atoms with E-state index in [1.807, 2.05) is 30.3 Å². The number of fused-ring (bicyclic) bond motifs is 1. The van der Waals surface area contributed by atoms with Crippen LogP contribution in [0.5, 0.6) is 0 Å². The van der Waals surface area contributed by atoms with Crippen molar-refractivity contribution in [2.75, 3.05) is 13.1 Å². The van der Waals surface area contributed by atoms with Crippen molar-refractivity contribution >= 4 is 46.4 Å². The maximum absolute atomic E-state index is 14.0. The lowest BCUT2D eigenvalue weighted by atomic mass is 10.0. The summed E-state index contributed by atoms with van der Waals surface area (Å²) in [5.74, 6) is -3.78. The summed E-state index contributed by atoms with van der Waals surface area (Å²) < 4.78 is 0. The van der Waals surface area contributed by atoms with Gasteiger partial charge in [-0.1, -0.05) is 48.5 Å². The quantitative estimate of drug-likeness (QED) is 0.0908. The monoisotopic (exact) mass is 753 g/mol. The maximum atomic E-state index is 14.0. The Morgan fingerprint density at radius 2 is 1.55 bits per heavy atom. The van der Waals surface area contributed by atoms with E-state index in [2.05, 4.69) is 30.9 Å². The molecule has 0 bridgehead atoms. The third-order valence-electron chi connectivity index (χ3n) is 10.3. The zero-order chi connectivity index (χ0) is 39.1. The standard InChI is InChI=1S/C39H47N9O7/c1-23(44-35(50)30(18-25-20-42-29-12-6-5-11-27(25)29)45-34(49)28(40)19-26-21-41-22-43-26)37(52)48-16-8-14-33(48)38(53)47-15-7-13-32(47)36(51)46-31(39(54)55)17-24-9-3-2-4-10-24/h2-6,9-12,20-23,28,30-33,42H,7-8,13-19,40H2,1H3,(H,41,43)(H,44,50)(H,45,49)(H,46,51)(H,54,55)/t23-,28-,30-,31-,32-,33-/m0/s1. The molecular weight excluding hydrogens is 706 g/mol. The lowest BCUT2D eigenvalue weighted by Gasteiger charge is -2.33. The summed E-state index contributed by atoms with van der Waals surface area (Å²) in [5, 5.41) is 18.9. The van der Waals surface area contributed by atoms with E-state index in [9.17, 15) is 33.9 Å². The Hall–Kier alpha value is -6.03. The summed E-state index contributed by atoms with van der Waals surface area (Å²) in [4.78, 5) is 93.5. The molecule has 6 rings (SSSR count). The molecule has 55 heavy (non-hydrogen) atoms. The molecule has 2 aliphatic heterocycles. The number of carboxylic acid groups (broad SMARTS) is 1. The van der Waals surface area contributed by atoms with Crippen LogP contribution >= 0.6 is 0 Å². The van der Waals surface area contributed by atoms with Gasteiger partial charge in [0, 0.05) is 61.3 Å². The van der Waals surface area contributed by atoms with Gasteiger partial charge in [-0.05, 0) is 49.8 Å². The number of imidazole rings is 1. The van der Waals surface area contributed by atoms with Crippen LogP contribution in [0.4, 0.5) is 0 Å². The van der Waals surface area contributed by atoms with E-state index in [-0.39, 0.29) is 32.4 Å². The number of nitrogens with two attached hydrogens (primary N) is 1. The largest absolute Gasteiger partial charge is 0.480 e. The molecule has 0 unspecified atom stereocenters. The number of carbonyl (C=O) groups excluding carboxylic acids is 5. The molecule has 0 radical (unpaired) electrons. The number of nitrogens with zero attached hydrogens (tertiary/aromatic N) is 3. The maximum Gasteiger partial charge on any atom is 0.326 e. The molecule has 2 saturated heterocycles. The van der Waals surface area contributed by atoms with Gasteiger partial charge < -0.3 is 46.6 Å². The number of carbonyl (C=O) groups is 6. The van der Waals surface area contributed by atoms with Crippen molar-refractivity contribution in [3.05, 3.63) is 90.1 Å². The number of rotatable bonds is 15. The fraction of sp³-hybridized carbons (Fsp3) is 0.410. The first-order valence-electron chi connectivity index (χ1n) is 18.6. The van der Waals surface area contributed by atoms with Crippen LogP contribution in [0.2, 0.25) is 0 Å². The molecule has 16 nitrogen and oxygen atoms in total. The summed E-state index contributed by atoms with van der Waals surface area (Å²) in [6, 6.07) is 10.5. The lowest BCUT2D eigenvalue weighted by Crippen LogP contribution is -2.58. The second-order valence-electron chi connectivity index (χ2n) is 14.2. The van der Waals surface area contributed by atoms with Crippen LogP contribution in [0.3, 0.4) is 0 Å². The number of hydrogen-bond acceptors (Lipinski definition) is 8. The number of carboxylic acids is 1. The number of para-hydroxylation sites is 1. The van der Waals surface area contributed by atoms with Gasteiger partial charge in [0.1, 0.15) is 30.2 Å². The molecule has 5 amide bonds. The highest BCUT2D eigenvalue weighted by molar-refractivity contribution is 5.97. The molecule has 2 aromatic carbocycles. The second-order valence-corrected chi connectivity index (χ2v) is 14.2. The van der Waals surface area contributed by atoms with Gasteiger partial charge in [-0.2, -0.15) is 0 Å². The number of H-pyrrole nitrogens is 2. The summed E-state index contributed by atoms with van der Waals surface area (Å²) in [7, 11) is 0. The van der Waals surface area contributed by atoms with Crippen LogP contribution in [0.15, 0.2) is 73.3 Å². The fourth-order valence-electron chi connectivity index (χ4n) is 7.46. The van der Waals surface area contributed by atoms with Gasteiger partial charge >= 0.3 is 5.97 Å². The van der Waals surface area contributed by atoms with E-state index < -0.39 is 71.8 Å². The van der Waals surface area contributed by atoms with Gasteiger partial charge in [-0.15, -0.1) is 0 Å². The summed E-state index contributed by atoms with van der Waals surface area (Å²) in [6.07, 6.45) is 6.99. The minimum atomic E-state index is -1.18. The predicted molar refractivity (Wildman–Crippen MR) is 201 cm³/mol. The number of nitrogens with one attached hydrogen (secondary N) is 5. The first-order chi connectivity index (χ1) is 26.5. The topological polar surface area (TPSA) is 236 Å². The van der Waals surface area contributed by atoms with Gasteiger partial charge in [-0.3, -0.25) is 24.0 Å². The van der Waals surface area contributed by atoms with Gasteiger partial charge in [0.25, 0.3) is 0 Å². The van der Waals surface area contributed by atoms with Crippen molar-refractivity contribution in [3.8, 4) is 0 Å². The normalized spacial score (nSPS) is 19.0. The van der Waals surface area contributed by atoms with Gasteiger partial charge in [-0.25, -0.2) is 9.78 Å². The Balaban J connectivity index is 1.11. The third-order valence-corrected chi connectivity index (χ3v) is 10.3. The minimum absolute atomic E-state index is 0.0847. The number of hydrogen-bond donors (Lipinski definition) is 7. The minimum Gasteiger partial charge on any atom is -0.480 e. The first-order valence-corrected chi connectivity index (χ1v) is 18.6. The Bertz CT molecular complexity index is 2000. The number of aromatic amines is 2. The molecule has 6 atom stereocenters. The average Bonchev–Trinajstić information content (AvgIpc) is 4.02. The van der Waals surface area contributed by atoms with Crippen LogP contribution < -0.4 is 21.7 Å². The SMILES string of the molecule is C[C@H](NC(=O)[C@H](Cc1c[nH]c2ccccc12)NC(=O)[C@@H](N)Cc1cnc[nH]1)C(=O)N1CCC[C@H]1C(=O)N1CCC[C@H]1C(=O)N[C@@H](Cc1ccccc1)C(=O)O. The van der Waals surface area contributed by atoms with Gasteiger partial charge in [0.15, 0.2) is 0 Å². The Kier molecular flexibility index (Phi) is 12.2. The molecule has 2 fully saturated rings. The molecule has 0 aliphatic carbocycles. The summed E-state index contributed by atoms with van der Waals surface area (Å²) in [6.45, 7) is 2.09.